The number of carbonyl (C=O) groups excluding carboxylic acids is 2. The average molecular weight is 492 g/mol. The molecule has 4 rings (SSSR count). The third kappa shape index (κ3) is 5.72. The lowest BCUT2D eigenvalue weighted by Crippen LogP contribution is -2.45. The number of nitrogens with one attached hydrogen (secondary N) is 1. The molecule has 0 radical (unpaired) electrons. The van der Waals surface area contributed by atoms with E-state index in [1.54, 1.807) is 33.3 Å². The Labute approximate surface area is 208 Å². The van der Waals surface area contributed by atoms with Gasteiger partial charge in [0.1, 0.15) is 29.3 Å². The summed E-state index contributed by atoms with van der Waals surface area (Å²) in [6.07, 6.45) is 0. The highest BCUT2D eigenvalue weighted by molar-refractivity contribution is 5.88. The van der Waals surface area contributed by atoms with E-state index >= 15 is 0 Å². The molecule has 0 saturated carbocycles. The number of nitrogens with zero attached hydrogens (tertiary/aromatic N) is 4. The summed E-state index contributed by atoms with van der Waals surface area (Å²) in [6, 6.07) is 17.2. The second kappa shape index (κ2) is 11.5. The van der Waals surface area contributed by atoms with Gasteiger partial charge in [0.2, 0.25) is 5.91 Å². The van der Waals surface area contributed by atoms with Gasteiger partial charge in [-0.3, -0.25) is 9.59 Å². The minimum Gasteiger partial charge on any atom is -0.497 e. The number of hydrogen-bond acceptors (Lipinski definition) is 7. The molecule has 0 aliphatic rings. The van der Waals surface area contributed by atoms with Gasteiger partial charge in [-0.05, 0) is 48.9 Å². The van der Waals surface area contributed by atoms with Crippen molar-refractivity contribution in [1.82, 2.24) is 25.2 Å². The smallest absolute Gasteiger partial charge is 0.250 e. The normalized spacial score (nSPS) is 11.9. The number of aromatic nitrogens is 3. The van der Waals surface area contributed by atoms with E-state index in [0.717, 1.165) is 11.1 Å². The van der Waals surface area contributed by atoms with Crippen LogP contribution in [0.3, 0.4) is 0 Å². The molecule has 1 atom stereocenters. The van der Waals surface area contributed by atoms with E-state index in [1.165, 1.54) is 9.58 Å². The number of amides is 2. The number of carbonyl (C=O) groups is 2. The van der Waals surface area contributed by atoms with E-state index in [0.29, 0.717) is 35.9 Å². The Kier molecular flexibility index (Phi) is 7.96. The average Bonchev–Trinajstić information content (AvgIpc) is 3.50. The number of fused-ring (bicyclic) bond motifs is 1. The van der Waals surface area contributed by atoms with Crippen LogP contribution in [0.5, 0.6) is 5.75 Å². The van der Waals surface area contributed by atoms with E-state index in [2.05, 4.69) is 15.6 Å². The van der Waals surface area contributed by atoms with Gasteiger partial charge in [-0.25, -0.2) is 4.68 Å². The summed E-state index contributed by atoms with van der Waals surface area (Å²) in [5, 5.41) is 11.1. The number of furan rings is 1. The predicted molar refractivity (Wildman–Crippen MR) is 132 cm³/mol. The van der Waals surface area contributed by atoms with Crippen molar-refractivity contribution >= 4 is 22.8 Å². The molecule has 10 nitrogen and oxygen atoms in total. The van der Waals surface area contributed by atoms with Crippen LogP contribution in [0.1, 0.15) is 23.1 Å². The first-order valence-corrected chi connectivity index (χ1v) is 11.5. The molecule has 0 unspecified atom stereocenters. The first kappa shape index (κ1) is 24.9. The van der Waals surface area contributed by atoms with Crippen LogP contribution in [0.15, 0.2) is 65.1 Å². The molecule has 2 aromatic carbocycles. The molecule has 10 heteroatoms. The van der Waals surface area contributed by atoms with Gasteiger partial charge in [0, 0.05) is 20.2 Å². The Bertz CT molecular complexity index is 1330. The maximum Gasteiger partial charge on any atom is 0.250 e. The standard InChI is InChI=1S/C26H29N5O5/c1-18-11-12-23(36-18)25(26(33)27-13-14-34-2)30(16-19-7-6-8-20(15-19)35-3)24(32)17-31-22-10-5-4-9-21(22)28-29-31/h4-12,15,25H,13-14,16-17H2,1-3H3,(H,27,33)/t25-/m1/s1. The fourth-order valence-electron chi connectivity index (χ4n) is 3.94. The molecule has 2 amide bonds. The third-order valence-corrected chi connectivity index (χ3v) is 5.71. The lowest BCUT2D eigenvalue weighted by Gasteiger charge is -2.30. The van der Waals surface area contributed by atoms with Crippen LogP contribution in [-0.2, 0) is 27.4 Å². The van der Waals surface area contributed by atoms with E-state index in [4.69, 9.17) is 13.9 Å². The van der Waals surface area contributed by atoms with Crippen LogP contribution in [0.2, 0.25) is 0 Å². The summed E-state index contributed by atoms with van der Waals surface area (Å²) >= 11 is 0. The van der Waals surface area contributed by atoms with Gasteiger partial charge in [0.25, 0.3) is 5.91 Å². The first-order chi connectivity index (χ1) is 17.5. The van der Waals surface area contributed by atoms with Crippen molar-refractivity contribution in [2.45, 2.75) is 26.1 Å². The lowest BCUT2D eigenvalue weighted by atomic mass is 10.1. The monoisotopic (exact) mass is 491 g/mol. The zero-order chi connectivity index (χ0) is 25.5. The number of rotatable bonds is 11. The number of para-hydroxylation sites is 1. The van der Waals surface area contributed by atoms with E-state index in [1.807, 2.05) is 48.5 Å². The summed E-state index contributed by atoms with van der Waals surface area (Å²) in [7, 11) is 3.14. The summed E-state index contributed by atoms with van der Waals surface area (Å²) in [4.78, 5) is 28.7. The van der Waals surface area contributed by atoms with Crippen LogP contribution in [-0.4, -0.2) is 59.1 Å². The molecule has 0 fully saturated rings. The maximum absolute atomic E-state index is 13.8. The summed E-state index contributed by atoms with van der Waals surface area (Å²) in [6.45, 7) is 2.46. The largest absolute Gasteiger partial charge is 0.497 e. The zero-order valence-corrected chi connectivity index (χ0v) is 20.5. The molecular formula is C26H29N5O5. The molecule has 0 saturated heterocycles. The number of benzene rings is 2. The molecule has 0 spiro atoms. The first-order valence-electron chi connectivity index (χ1n) is 11.5. The number of ether oxygens (including phenoxy) is 2. The fourth-order valence-corrected chi connectivity index (χ4v) is 3.94. The summed E-state index contributed by atoms with van der Waals surface area (Å²) in [5.74, 6) is 0.950. The van der Waals surface area contributed by atoms with Gasteiger partial charge in [0.15, 0.2) is 6.04 Å². The molecule has 2 aromatic heterocycles. The summed E-state index contributed by atoms with van der Waals surface area (Å²) in [5.41, 5.74) is 2.20. The third-order valence-electron chi connectivity index (χ3n) is 5.71. The topological polar surface area (TPSA) is 112 Å². The van der Waals surface area contributed by atoms with Crippen LogP contribution >= 0.6 is 0 Å². The molecule has 36 heavy (non-hydrogen) atoms. The Balaban J connectivity index is 1.71. The second-order valence-electron chi connectivity index (χ2n) is 8.24. The van der Waals surface area contributed by atoms with Crippen molar-refractivity contribution < 1.29 is 23.5 Å². The molecule has 0 aliphatic heterocycles. The Morgan fingerprint density at radius 2 is 1.94 bits per heavy atom. The van der Waals surface area contributed by atoms with Crippen molar-refractivity contribution in [3.63, 3.8) is 0 Å². The maximum atomic E-state index is 13.8. The second-order valence-corrected chi connectivity index (χ2v) is 8.24. The van der Waals surface area contributed by atoms with Crippen molar-refractivity contribution in [2.75, 3.05) is 27.4 Å². The Morgan fingerprint density at radius 3 is 2.69 bits per heavy atom. The van der Waals surface area contributed by atoms with Crippen molar-refractivity contribution in [2.24, 2.45) is 0 Å². The van der Waals surface area contributed by atoms with Gasteiger partial charge in [-0.1, -0.05) is 29.5 Å². The van der Waals surface area contributed by atoms with Crippen molar-refractivity contribution in [3.05, 3.63) is 77.7 Å². The molecule has 2 heterocycles. The van der Waals surface area contributed by atoms with Crippen LogP contribution < -0.4 is 10.1 Å². The quantitative estimate of drug-likeness (QED) is 0.321. The van der Waals surface area contributed by atoms with Gasteiger partial charge in [-0.2, -0.15) is 0 Å². The highest BCUT2D eigenvalue weighted by Gasteiger charge is 2.34. The van der Waals surface area contributed by atoms with Gasteiger partial charge in [0.05, 0.1) is 19.2 Å². The van der Waals surface area contributed by atoms with E-state index in [-0.39, 0.29) is 24.9 Å². The van der Waals surface area contributed by atoms with E-state index in [9.17, 15) is 9.59 Å². The molecular weight excluding hydrogens is 462 g/mol. The predicted octanol–water partition coefficient (Wildman–Crippen LogP) is 2.87. The zero-order valence-electron chi connectivity index (χ0n) is 20.5. The van der Waals surface area contributed by atoms with Crippen molar-refractivity contribution in [3.8, 4) is 5.75 Å². The van der Waals surface area contributed by atoms with E-state index < -0.39 is 6.04 Å². The van der Waals surface area contributed by atoms with Crippen molar-refractivity contribution in [1.29, 1.82) is 0 Å². The Morgan fingerprint density at radius 1 is 1.11 bits per heavy atom. The molecule has 188 valence electrons. The van der Waals surface area contributed by atoms with Crippen LogP contribution in [0, 0.1) is 6.92 Å². The molecule has 0 bridgehead atoms. The highest BCUT2D eigenvalue weighted by Crippen LogP contribution is 2.27. The fraction of sp³-hybridized carbons (Fsp3) is 0.308. The van der Waals surface area contributed by atoms with Gasteiger partial charge < -0.3 is 24.1 Å². The molecule has 0 aliphatic carbocycles. The number of aryl methyl sites for hydroxylation is 1. The molecule has 1 N–H and O–H groups in total. The number of methoxy groups -OCH3 is 2. The molecule has 4 aromatic rings. The van der Waals surface area contributed by atoms with Crippen LogP contribution in [0.4, 0.5) is 0 Å². The highest BCUT2D eigenvalue weighted by atomic mass is 16.5. The van der Waals surface area contributed by atoms with Gasteiger partial charge in [-0.15, -0.1) is 5.10 Å². The Hall–Kier alpha value is -4.18. The minimum absolute atomic E-state index is 0.105. The lowest BCUT2D eigenvalue weighted by molar-refractivity contribution is -0.143. The minimum atomic E-state index is -1.01. The summed E-state index contributed by atoms with van der Waals surface area (Å²) < 4.78 is 17.8. The number of hydrogen-bond donors (Lipinski definition) is 1. The SMILES string of the molecule is COCCNC(=O)[C@@H](c1ccc(C)o1)N(Cc1cccc(OC)c1)C(=O)Cn1nnc2ccccc21. The van der Waals surface area contributed by atoms with Crippen LogP contribution in [0.25, 0.3) is 11.0 Å². The van der Waals surface area contributed by atoms with Gasteiger partial charge >= 0.3 is 0 Å².